The Morgan fingerprint density at radius 2 is 1.90 bits per heavy atom. The number of amides is 1. The van der Waals surface area contributed by atoms with Gasteiger partial charge in [-0.3, -0.25) is 9.79 Å². The summed E-state index contributed by atoms with van der Waals surface area (Å²) >= 11 is 6.21. The van der Waals surface area contributed by atoms with Crippen LogP contribution in [0.15, 0.2) is 51.4 Å². The lowest BCUT2D eigenvalue weighted by atomic mass is 10.1. The molecule has 2 aliphatic heterocycles. The van der Waals surface area contributed by atoms with Crippen LogP contribution in [0.2, 0.25) is 0 Å². The van der Waals surface area contributed by atoms with E-state index in [2.05, 4.69) is 10.1 Å². The molecule has 0 saturated carbocycles. The van der Waals surface area contributed by atoms with Crippen LogP contribution in [0.1, 0.15) is 31.1 Å². The van der Waals surface area contributed by atoms with Crippen LogP contribution in [0.3, 0.4) is 0 Å². The number of carbonyl (C=O) groups is 1. The van der Waals surface area contributed by atoms with E-state index in [0.29, 0.717) is 48.9 Å². The normalized spacial score (nSPS) is 17.7. The van der Waals surface area contributed by atoms with Gasteiger partial charge in [0.25, 0.3) is 0 Å². The van der Waals surface area contributed by atoms with E-state index in [1.807, 2.05) is 0 Å². The highest BCUT2D eigenvalue weighted by Crippen LogP contribution is 2.27. The Hall–Kier alpha value is -3.00. The van der Waals surface area contributed by atoms with Crippen LogP contribution in [0.5, 0.6) is 0 Å². The molecule has 1 amide bonds. The summed E-state index contributed by atoms with van der Waals surface area (Å²) in [7, 11) is 0. The molecule has 4 rings (SSSR count). The molecule has 0 unspecified atom stereocenters. The van der Waals surface area contributed by atoms with Gasteiger partial charge >= 0.3 is 5.69 Å². The minimum absolute atomic E-state index is 0.120. The number of hydrogen-bond donors (Lipinski definition) is 0. The Balaban J connectivity index is 1.81. The third-order valence-electron chi connectivity index (χ3n) is 5.10. The van der Waals surface area contributed by atoms with Gasteiger partial charge in [0.2, 0.25) is 6.41 Å². The van der Waals surface area contributed by atoms with E-state index in [9.17, 15) is 14.0 Å². The number of halogens is 2. The summed E-state index contributed by atoms with van der Waals surface area (Å²) in [5, 5.41) is 5.16. The predicted octanol–water partition coefficient (Wildman–Crippen LogP) is 2.90. The average Bonchev–Trinajstić information content (AvgIpc) is 2.92. The van der Waals surface area contributed by atoms with E-state index in [0.717, 1.165) is 12.0 Å². The van der Waals surface area contributed by atoms with Crippen molar-refractivity contribution >= 4 is 29.8 Å². The topological polar surface area (TPSA) is 72.5 Å². The number of allylic oxidation sites excluding steroid dienone is 3. The molecule has 0 radical (unpaired) electrons. The summed E-state index contributed by atoms with van der Waals surface area (Å²) in [6.07, 6.45) is 7.41. The standard InChI is InChI=1S/C20H19ClFN5O2/c21-15-11-14(5-8-23-12-15)19-24-27(18-6-9-25(13-28)10-7-18)20(29)26(19)17-3-1-16(22)2-4-17/h1-5,8,12-13,18H,6-7,9-11H2. The Kier molecular flexibility index (Phi) is 5.44. The highest BCUT2D eigenvalue weighted by atomic mass is 35.5. The lowest BCUT2D eigenvalue weighted by Gasteiger charge is -2.28. The minimum atomic E-state index is -0.385. The van der Waals surface area contributed by atoms with Crippen molar-refractivity contribution in [1.82, 2.24) is 19.2 Å². The zero-order valence-corrected chi connectivity index (χ0v) is 16.3. The lowest BCUT2D eigenvalue weighted by Crippen LogP contribution is -2.37. The highest BCUT2D eigenvalue weighted by molar-refractivity contribution is 6.30. The number of carbonyl (C=O) groups excluding carboxylic acids is 1. The Bertz CT molecular complexity index is 1060. The molecule has 0 spiro atoms. The van der Waals surface area contributed by atoms with Gasteiger partial charge in [0.1, 0.15) is 5.82 Å². The lowest BCUT2D eigenvalue weighted by molar-refractivity contribution is -0.119. The molecule has 9 heteroatoms. The quantitative estimate of drug-likeness (QED) is 0.721. The number of likely N-dealkylation sites (tertiary alicyclic amines) is 1. The Labute approximate surface area is 171 Å². The Morgan fingerprint density at radius 1 is 1.17 bits per heavy atom. The predicted molar refractivity (Wildman–Crippen MR) is 109 cm³/mol. The van der Waals surface area contributed by atoms with Gasteiger partial charge in [0.15, 0.2) is 5.82 Å². The third-order valence-corrected chi connectivity index (χ3v) is 5.33. The molecule has 0 aliphatic carbocycles. The van der Waals surface area contributed by atoms with Gasteiger partial charge in [-0.2, -0.15) is 0 Å². The summed E-state index contributed by atoms with van der Waals surface area (Å²) in [6, 6.07) is 5.58. The van der Waals surface area contributed by atoms with Crippen molar-refractivity contribution in [2.75, 3.05) is 13.1 Å². The van der Waals surface area contributed by atoms with Crippen molar-refractivity contribution in [2.45, 2.75) is 25.3 Å². The zero-order valence-electron chi connectivity index (χ0n) is 15.5. The fourth-order valence-corrected chi connectivity index (χ4v) is 3.78. The second-order valence-electron chi connectivity index (χ2n) is 6.98. The van der Waals surface area contributed by atoms with Gasteiger partial charge in [-0.25, -0.2) is 18.4 Å². The van der Waals surface area contributed by atoms with Crippen molar-refractivity contribution in [3.05, 3.63) is 63.7 Å². The number of benzene rings is 1. The monoisotopic (exact) mass is 415 g/mol. The zero-order chi connectivity index (χ0) is 20.4. The molecule has 0 atom stereocenters. The second-order valence-corrected chi connectivity index (χ2v) is 7.46. The summed E-state index contributed by atoms with van der Waals surface area (Å²) < 4.78 is 16.4. The molecule has 7 nitrogen and oxygen atoms in total. The summed E-state index contributed by atoms with van der Waals surface area (Å²) in [5.74, 6) is 0.0584. The van der Waals surface area contributed by atoms with Gasteiger partial charge in [-0.05, 0) is 43.2 Å². The first-order chi connectivity index (χ1) is 14.1. The molecule has 3 heterocycles. The van der Waals surface area contributed by atoms with Gasteiger partial charge in [-0.1, -0.05) is 11.6 Å². The summed E-state index contributed by atoms with van der Waals surface area (Å²) in [6.45, 7) is 1.15. The van der Waals surface area contributed by atoms with E-state index in [1.54, 1.807) is 35.5 Å². The fourth-order valence-electron chi connectivity index (χ4n) is 3.58. The molecule has 1 saturated heterocycles. The molecule has 0 N–H and O–H groups in total. The van der Waals surface area contributed by atoms with Crippen LogP contribution in [0, 0.1) is 5.82 Å². The first-order valence-electron chi connectivity index (χ1n) is 9.31. The van der Waals surface area contributed by atoms with Crippen LogP contribution < -0.4 is 5.69 Å². The van der Waals surface area contributed by atoms with Crippen molar-refractivity contribution in [1.29, 1.82) is 0 Å². The first-order valence-corrected chi connectivity index (χ1v) is 9.68. The fraction of sp³-hybridized carbons (Fsp3) is 0.300. The third kappa shape index (κ3) is 3.93. The number of hydrogen-bond acceptors (Lipinski definition) is 4. The molecule has 29 heavy (non-hydrogen) atoms. The second kappa shape index (κ2) is 8.16. The van der Waals surface area contributed by atoms with Crippen LogP contribution in [0.25, 0.3) is 11.3 Å². The van der Waals surface area contributed by atoms with E-state index in [1.165, 1.54) is 21.4 Å². The van der Waals surface area contributed by atoms with Gasteiger partial charge in [-0.15, -0.1) is 5.10 Å². The van der Waals surface area contributed by atoms with Gasteiger partial charge in [0, 0.05) is 42.5 Å². The molecule has 1 fully saturated rings. The SMILES string of the molecule is O=CN1CCC(n2nc(C3=CC=NC=C(Cl)C3)n(-c3ccc(F)cc3)c2=O)CC1. The maximum absolute atomic E-state index is 13.4. The van der Waals surface area contributed by atoms with E-state index < -0.39 is 0 Å². The van der Waals surface area contributed by atoms with Crippen molar-refractivity contribution < 1.29 is 9.18 Å². The van der Waals surface area contributed by atoms with E-state index >= 15 is 0 Å². The maximum atomic E-state index is 13.4. The van der Waals surface area contributed by atoms with Crippen molar-refractivity contribution in [3.8, 4) is 5.69 Å². The molecular weight excluding hydrogens is 397 g/mol. The molecule has 1 aromatic carbocycles. The Morgan fingerprint density at radius 3 is 2.59 bits per heavy atom. The van der Waals surface area contributed by atoms with Crippen molar-refractivity contribution in [3.63, 3.8) is 0 Å². The smallest absolute Gasteiger partial charge is 0.345 e. The van der Waals surface area contributed by atoms with Gasteiger partial charge in [0.05, 0.1) is 11.7 Å². The van der Waals surface area contributed by atoms with Crippen LogP contribution in [0.4, 0.5) is 4.39 Å². The number of piperidine rings is 1. The van der Waals surface area contributed by atoms with Crippen LogP contribution in [-0.4, -0.2) is 45.0 Å². The summed E-state index contributed by atoms with van der Waals surface area (Å²) in [5.41, 5.74) is 0.946. The van der Waals surface area contributed by atoms with Crippen LogP contribution in [-0.2, 0) is 4.79 Å². The van der Waals surface area contributed by atoms with Crippen LogP contribution >= 0.6 is 11.6 Å². The molecule has 2 aliphatic rings. The maximum Gasteiger partial charge on any atom is 0.351 e. The molecule has 0 bridgehead atoms. The highest BCUT2D eigenvalue weighted by Gasteiger charge is 2.26. The molecule has 2 aromatic rings. The molecule has 150 valence electrons. The summed E-state index contributed by atoms with van der Waals surface area (Å²) in [4.78, 5) is 30.1. The minimum Gasteiger partial charge on any atom is -0.345 e. The number of aromatic nitrogens is 3. The van der Waals surface area contributed by atoms with Crippen molar-refractivity contribution in [2.24, 2.45) is 4.99 Å². The number of aliphatic imine (C=N–C) groups is 1. The van der Waals surface area contributed by atoms with E-state index in [4.69, 9.17) is 11.6 Å². The van der Waals surface area contributed by atoms with E-state index in [-0.39, 0.29) is 17.5 Å². The van der Waals surface area contributed by atoms with Gasteiger partial charge < -0.3 is 4.90 Å². The molecular formula is C20H19ClFN5O2. The number of rotatable bonds is 4. The number of nitrogens with zero attached hydrogens (tertiary/aromatic N) is 5. The molecule has 1 aromatic heterocycles. The first kappa shape index (κ1) is 19.3. The largest absolute Gasteiger partial charge is 0.351 e. The average molecular weight is 416 g/mol.